The summed E-state index contributed by atoms with van der Waals surface area (Å²) in [6, 6.07) is 4.28. The Morgan fingerprint density at radius 1 is 1.33 bits per heavy atom. The van der Waals surface area contributed by atoms with Crippen molar-refractivity contribution < 1.29 is 9.47 Å². The van der Waals surface area contributed by atoms with Gasteiger partial charge in [-0.25, -0.2) is 0 Å². The monoisotopic (exact) mass is 315 g/mol. The van der Waals surface area contributed by atoms with Gasteiger partial charge in [-0.1, -0.05) is 15.9 Å². The molecule has 0 radical (unpaired) electrons. The van der Waals surface area contributed by atoms with Crippen LogP contribution in [-0.4, -0.2) is 26.4 Å². The highest BCUT2D eigenvalue weighted by molar-refractivity contribution is 9.10. The van der Waals surface area contributed by atoms with E-state index < -0.39 is 0 Å². The van der Waals surface area contributed by atoms with E-state index in [1.807, 2.05) is 6.92 Å². The van der Waals surface area contributed by atoms with Gasteiger partial charge in [-0.15, -0.1) is 0 Å². The Hall–Kier alpha value is -0.580. The maximum absolute atomic E-state index is 5.88. The molecule has 1 atom stereocenters. The molecule has 0 aliphatic rings. The van der Waals surface area contributed by atoms with Crippen LogP contribution in [0.15, 0.2) is 16.6 Å². The topological polar surface area (TPSA) is 44.5 Å². The number of rotatable bonds is 7. The molecule has 0 spiro atoms. The second-order valence-corrected chi connectivity index (χ2v) is 5.50. The van der Waals surface area contributed by atoms with Crippen LogP contribution >= 0.6 is 15.9 Å². The second-order valence-electron chi connectivity index (χ2n) is 4.59. The lowest BCUT2D eigenvalue weighted by molar-refractivity contribution is 0.171. The van der Waals surface area contributed by atoms with Crippen molar-refractivity contribution >= 4 is 15.9 Å². The first-order chi connectivity index (χ1) is 8.54. The molecule has 1 unspecified atom stereocenters. The van der Waals surface area contributed by atoms with Crippen molar-refractivity contribution in [3.63, 3.8) is 0 Å². The fraction of sp³-hybridized carbons (Fsp3) is 0.571. The molecule has 0 aliphatic carbocycles. The van der Waals surface area contributed by atoms with E-state index >= 15 is 0 Å². The van der Waals surface area contributed by atoms with Crippen LogP contribution in [0, 0.1) is 6.92 Å². The van der Waals surface area contributed by atoms with Crippen molar-refractivity contribution in [2.24, 2.45) is 5.73 Å². The predicted molar refractivity (Wildman–Crippen MR) is 78.2 cm³/mol. The Kier molecular flexibility index (Phi) is 6.68. The smallest absolute Gasteiger partial charge is 0.125 e. The Morgan fingerprint density at radius 3 is 2.67 bits per heavy atom. The molecule has 18 heavy (non-hydrogen) atoms. The first-order valence-corrected chi connectivity index (χ1v) is 7.00. The van der Waals surface area contributed by atoms with Gasteiger partial charge < -0.3 is 15.2 Å². The SMILES string of the molecule is COCCCOc1c(C)cc(Br)cc1CC(C)N. The van der Waals surface area contributed by atoms with Crippen LogP contribution in [0.25, 0.3) is 0 Å². The molecule has 0 heterocycles. The molecule has 4 heteroatoms. The van der Waals surface area contributed by atoms with Gasteiger partial charge in [0.1, 0.15) is 5.75 Å². The van der Waals surface area contributed by atoms with Crippen LogP contribution in [0.1, 0.15) is 24.5 Å². The van der Waals surface area contributed by atoms with Crippen LogP contribution in [-0.2, 0) is 11.2 Å². The lowest BCUT2D eigenvalue weighted by Crippen LogP contribution is -2.18. The number of aryl methyl sites for hydroxylation is 1. The Morgan fingerprint density at radius 2 is 2.06 bits per heavy atom. The highest BCUT2D eigenvalue weighted by Crippen LogP contribution is 2.29. The average Bonchev–Trinajstić information content (AvgIpc) is 2.26. The zero-order valence-electron chi connectivity index (χ0n) is 11.3. The summed E-state index contributed by atoms with van der Waals surface area (Å²) in [6.07, 6.45) is 1.71. The summed E-state index contributed by atoms with van der Waals surface area (Å²) in [5.41, 5.74) is 8.18. The van der Waals surface area contributed by atoms with E-state index in [2.05, 4.69) is 35.0 Å². The number of benzene rings is 1. The van der Waals surface area contributed by atoms with Crippen LogP contribution < -0.4 is 10.5 Å². The molecule has 2 N–H and O–H groups in total. The van der Waals surface area contributed by atoms with Crippen LogP contribution in [0.5, 0.6) is 5.75 Å². The predicted octanol–water partition coefficient (Wildman–Crippen LogP) is 3.06. The number of ether oxygens (including phenoxy) is 2. The van der Waals surface area contributed by atoms with Crippen LogP contribution in [0.2, 0.25) is 0 Å². The van der Waals surface area contributed by atoms with Gasteiger partial charge in [-0.2, -0.15) is 0 Å². The molecule has 0 fully saturated rings. The van der Waals surface area contributed by atoms with Crippen molar-refractivity contribution in [3.8, 4) is 5.75 Å². The van der Waals surface area contributed by atoms with Gasteiger partial charge in [-0.05, 0) is 43.5 Å². The van der Waals surface area contributed by atoms with E-state index in [1.54, 1.807) is 7.11 Å². The maximum Gasteiger partial charge on any atom is 0.125 e. The summed E-state index contributed by atoms with van der Waals surface area (Å²) < 4.78 is 12.0. The minimum absolute atomic E-state index is 0.125. The summed E-state index contributed by atoms with van der Waals surface area (Å²) >= 11 is 3.51. The standard InChI is InChI=1S/C14H22BrNO2/c1-10-7-13(15)9-12(8-11(2)16)14(10)18-6-4-5-17-3/h7,9,11H,4-6,8,16H2,1-3H3. The normalized spacial score (nSPS) is 12.5. The number of halogens is 1. The van der Waals surface area contributed by atoms with E-state index in [-0.39, 0.29) is 6.04 Å². The third-order valence-electron chi connectivity index (χ3n) is 2.60. The van der Waals surface area contributed by atoms with Crippen molar-refractivity contribution in [3.05, 3.63) is 27.7 Å². The van der Waals surface area contributed by atoms with E-state index in [0.717, 1.165) is 40.8 Å². The quantitative estimate of drug-likeness (QED) is 0.786. The minimum atomic E-state index is 0.125. The van der Waals surface area contributed by atoms with Crippen molar-refractivity contribution in [2.75, 3.05) is 20.3 Å². The van der Waals surface area contributed by atoms with Gasteiger partial charge >= 0.3 is 0 Å². The van der Waals surface area contributed by atoms with Crippen LogP contribution in [0.3, 0.4) is 0 Å². The molecule has 0 aliphatic heterocycles. The van der Waals surface area contributed by atoms with Crippen molar-refractivity contribution in [2.45, 2.75) is 32.7 Å². The van der Waals surface area contributed by atoms with Gasteiger partial charge in [0.2, 0.25) is 0 Å². The maximum atomic E-state index is 5.88. The summed E-state index contributed by atoms with van der Waals surface area (Å²) in [7, 11) is 1.70. The summed E-state index contributed by atoms with van der Waals surface area (Å²) in [5.74, 6) is 0.964. The highest BCUT2D eigenvalue weighted by Gasteiger charge is 2.10. The van der Waals surface area contributed by atoms with E-state index in [1.165, 1.54) is 0 Å². The molecule has 0 amide bonds. The summed E-state index contributed by atoms with van der Waals surface area (Å²) in [5, 5.41) is 0. The minimum Gasteiger partial charge on any atom is -0.493 e. The lowest BCUT2D eigenvalue weighted by Gasteiger charge is -2.16. The average molecular weight is 316 g/mol. The zero-order chi connectivity index (χ0) is 13.5. The second kappa shape index (κ2) is 7.77. The molecule has 102 valence electrons. The van der Waals surface area contributed by atoms with Crippen molar-refractivity contribution in [1.82, 2.24) is 0 Å². The van der Waals surface area contributed by atoms with Gasteiger partial charge in [0.05, 0.1) is 6.61 Å². The molecule has 3 nitrogen and oxygen atoms in total. The Bertz CT molecular complexity index is 380. The van der Waals surface area contributed by atoms with Gasteiger partial charge in [0, 0.05) is 30.7 Å². The molecule has 1 rings (SSSR count). The third kappa shape index (κ3) is 4.96. The number of hydrogen-bond acceptors (Lipinski definition) is 3. The number of nitrogens with two attached hydrogens (primary N) is 1. The van der Waals surface area contributed by atoms with E-state index in [4.69, 9.17) is 15.2 Å². The number of methoxy groups -OCH3 is 1. The Balaban J connectivity index is 2.79. The molecule has 1 aromatic carbocycles. The summed E-state index contributed by atoms with van der Waals surface area (Å²) in [6.45, 7) is 5.45. The molecular weight excluding hydrogens is 294 g/mol. The highest BCUT2D eigenvalue weighted by atomic mass is 79.9. The molecule has 0 bridgehead atoms. The van der Waals surface area contributed by atoms with Crippen LogP contribution in [0.4, 0.5) is 0 Å². The molecular formula is C14H22BrNO2. The molecule has 1 aromatic rings. The third-order valence-corrected chi connectivity index (χ3v) is 3.06. The van der Waals surface area contributed by atoms with Gasteiger partial charge in [-0.3, -0.25) is 0 Å². The molecule has 0 aromatic heterocycles. The van der Waals surface area contributed by atoms with E-state index in [0.29, 0.717) is 6.61 Å². The van der Waals surface area contributed by atoms with E-state index in [9.17, 15) is 0 Å². The number of hydrogen-bond donors (Lipinski definition) is 1. The van der Waals surface area contributed by atoms with Gasteiger partial charge in [0.25, 0.3) is 0 Å². The lowest BCUT2D eigenvalue weighted by atomic mass is 10.0. The summed E-state index contributed by atoms with van der Waals surface area (Å²) in [4.78, 5) is 0. The first-order valence-electron chi connectivity index (χ1n) is 6.21. The largest absolute Gasteiger partial charge is 0.493 e. The van der Waals surface area contributed by atoms with Gasteiger partial charge in [0.15, 0.2) is 0 Å². The first kappa shape index (κ1) is 15.5. The fourth-order valence-corrected chi connectivity index (χ4v) is 2.50. The fourth-order valence-electron chi connectivity index (χ4n) is 1.88. The van der Waals surface area contributed by atoms with Crippen molar-refractivity contribution in [1.29, 1.82) is 0 Å². The Labute approximate surface area is 118 Å². The zero-order valence-corrected chi connectivity index (χ0v) is 12.9. The molecule has 0 saturated carbocycles. The molecule has 0 saturated heterocycles.